The minimum atomic E-state index is -0.442. The molecule has 1 fully saturated rings. The van der Waals surface area contributed by atoms with Crippen LogP contribution in [0, 0.1) is 10.1 Å². The molecule has 2 aromatic rings. The Hall–Kier alpha value is -2.87. The predicted molar refractivity (Wildman–Crippen MR) is 102 cm³/mol. The smallest absolute Gasteiger partial charge is 0.294 e. The molecule has 142 valence electrons. The number of aromatic nitrogens is 1. The van der Waals surface area contributed by atoms with Gasteiger partial charge >= 0.3 is 0 Å². The summed E-state index contributed by atoms with van der Waals surface area (Å²) < 4.78 is 5.44. The second-order valence-electron chi connectivity index (χ2n) is 5.96. The molecule has 3 rings (SSSR count). The summed E-state index contributed by atoms with van der Waals surface area (Å²) in [6.07, 6.45) is 1.58. The van der Waals surface area contributed by atoms with Crippen LogP contribution in [0.4, 0.5) is 11.4 Å². The largest absolute Gasteiger partial charge is 0.477 e. The average Bonchev–Trinajstić information content (AvgIpc) is 2.68. The first-order valence-electron chi connectivity index (χ1n) is 8.57. The summed E-state index contributed by atoms with van der Waals surface area (Å²) >= 11 is 5.88. The molecule has 1 saturated heterocycles. The van der Waals surface area contributed by atoms with Crippen LogP contribution in [-0.2, 0) is 0 Å². The van der Waals surface area contributed by atoms with Gasteiger partial charge in [-0.05, 0) is 31.2 Å². The first-order chi connectivity index (χ1) is 13.0. The lowest BCUT2D eigenvalue weighted by Gasteiger charge is -2.36. The van der Waals surface area contributed by atoms with E-state index in [-0.39, 0.29) is 11.6 Å². The molecule has 1 aromatic carbocycles. The van der Waals surface area contributed by atoms with E-state index in [1.54, 1.807) is 35.4 Å². The third kappa shape index (κ3) is 4.11. The lowest BCUT2D eigenvalue weighted by atomic mass is 10.2. The molecule has 0 saturated carbocycles. The fourth-order valence-corrected chi connectivity index (χ4v) is 3.20. The number of rotatable bonds is 5. The summed E-state index contributed by atoms with van der Waals surface area (Å²) in [7, 11) is 0. The van der Waals surface area contributed by atoms with E-state index in [9.17, 15) is 14.9 Å². The van der Waals surface area contributed by atoms with Crippen LogP contribution >= 0.6 is 11.6 Å². The molecule has 0 N–H and O–H groups in total. The Labute approximate surface area is 161 Å². The highest BCUT2D eigenvalue weighted by molar-refractivity contribution is 6.30. The van der Waals surface area contributed by atoms with Crippen LogP contribution in [0.25, 0.3) is 0 Å². The van der Waals surface area contributed by atoms with Gasteiger partial charge in [-0.2, -0.15) is 0 Å². The lowest BCUT2D eigenvalue weighted by molar-refractivity contribution is -0.384. The van der Waals surface area contributed by atoms with E-state index < -0.39 is 4.92 Å². The van der Waals surface area contributed by atoms with Crippen LogP contribution in [0.2, 0.25) is 5.02 Å². The monoisotopic (exact) mass is 390 g/mol. The Morgan fingerprint density at radius 1 is 1.30 bits per heavy atom. The summed E-state index contributed by atoms with van der Waals surface area (Å²) in [6, 6.07) is 8.01. The van der Waals surface area contributed by atoms with Gasteiger partial charge in [0.2, 0.25) is 5.88 Å². The number of anilines is 1. The van der Waals surface area contributed by atoms with Crippen LogP contribution in [-0.4, -0.2) is 53.5 Å². The Morgan fingerprint density at radius 2 is 2.04 bits per heavy atom. The summed E-state index contributed by atoms with van der Waals surface area (Å²) in [6.45, 7) is 4.11. The minimum absolute atomic E-state index is 0.0341. The second kappa shape index (κ2) is 8.22. The number of hydrogen-bond donors (Lipinski definition) is 0. The zero-order chi connectivity index (χ0) is 19.4. The van der Waals surface area contributed by atoms with Crippen molar-refractivity contribution in [1.82, 2.24) is 9.88 Å². The van der Waals surface area contributed by atoms with Crippen LogP contribution in [0.15, 0.2) is 36.5 Å². The van der Waals surface area contributed by atoms with Crippen molar-refractivity contribution in [2.75, 3.05) is 37.7 Å². The molecule has 1 aliphatic rings. The van der Waals surface area contributed by atoms with E-state index in [0.717, 1.165) is 0 Å². The molecule has 0 unspecified atom stereocenters. The molecule has 0 aliphatic carbocycles. The summed E-state index contributed by atoms with van der Waals surface area (Å²) in [5.41, 5.74) is 0.895. The number of amides is 1. The van der Waals surface area contributed by atoms with Crippen molar-refractivity contribution < 1.29 is 14.5 Å². The number of benzene rings is 1. The predicted octanol–water partition coefficient (Wildman–Crippen LogP) is 3.00. The van der Waals surface area contributed by atoms with Crippen molar-refractivity contribution >= 4 is 28.9 Å². The molecule has 1 amide bonds. The van der Waals surface area contributed by atoms with Gasteiger partial charge in [0.15, 0.2) is 0 Å². The summed E-state index contributed by atoms with van der Waals surface area (Å²) in [5.74, 6) is 0.164. The number of nitro benzene ring substituents is 1. The number of nitrogens with zero attached hydrogens (tertiary/aromatic N) is 4. The van der Waals surface area contributed by atoms with Gasteiger partial charge in [-0.15, -0.1) is 0 Å². The zero-order valence-electron chi connectivity index (χ0n) is 14.8. The molecule has 0 atom stereocenters. The Morgan fingerprint density at radius 3 is 2.70 bits per heavy atom. The maximum Gasteiger partial charge on any atom is 0.294 e. The van der Waals surface area contributed by atoms with Crippen LogP contribution in [0.5, 0.6) is 5.88 Å². The molecule has 2 heterocycles. The highest BCUT2D eigenvalue weighted by Gasteiger charge is 2.28. The molecule has 0 radical (unpaired) electrons. The number of pyridine rings is 1. The standard InChI is InChI=1S/C18H19ClN4O4/c1-2-27-17-14(4-3-7-20-17)18(24)22-10-8-21(9-11-22)15-6-5-13(19)12-16(15)23(25)26/h3-7,12H,2,8-11H2,1H3. The fraction of sp³-hybridized carbons (Fsp3) is 0.333. The van der Waals surface area contributed by atoms with E-state index in [1.807, 2.05) is 11.8 Å². The van der Waals surface area contributed by atoms with Crippen molar-refractivity contribution in [1.29, 1.82) is 0 Å². The maximum atomic E-state index is 12.8. The SMILES string of the molecule is CCOc1ncccc1C(=O)N1CCN(c2ccc(Cl)cc2[N+](=O)[O-])CC1. The number of halogens is 1. The molecule has 0 bridgehead atoms. The molecular weight excluding hydrogens is 372 g/mol. The number of nitro groups is 1. The topological polar surface area (TPSA) is 88.8 Å². The van der Waals surface area contributed by atoms with Crippen molar-refractivity contribution in [3.8, 4) is 5.88 Å². The second-order valence-corrected chi connectivity index (χ2v) is 6.39. The quantitative estimate of drug-likeness (QED) is 0.576. The third-order valence-corrected chi connectivity index (χ3v) is 4.56. The number of carbonyl (C=O) groups excluding carboxylic acids is 1. The number of carbonyl (C=O) groups is 1. The van der Waals surface area contributed by atoms with Gasteiger partial charge in [-0.1, -0.05) is 11.6 Å². The maximum absolute atomic E-state index is 12.8. The van der Waals surface area contributed by atoms with Gasteiger partial charge < -0.3 is 14.5 Å². The van der Waals surface area contributed by atoms with Crippen LogP contribution < -0.4 is 9.64 Å². The Bertz CT molecular complexity index is 853. The van der Waals surface area contributed by atoms with E-state index >= 15 is 0 Å². The molecule has 1 aliphatic heterocycles. The van der Waals surface area contributed by atoms with Crippen molar-refractivity contribution in [3.63, 3.8) is 0 Å². The van der Waals surface area contributed by atoms with E-state index in [0.29, 0.717) is 54.9 Å². The molecular formula is C18H19ClN4O4. The van der Waals surface area contributed by atoms with E-state index in [1.165, 1.54) is 6.07 Å². The molecule has 0 spiro atoms. The molecule has 9 heteroatoms. The third-order valence-electron chi connectivity index (χ3n) is 4.32. The first kappa shape index (κ1) is 18.9. The van der Waals surface area contributed by atoms with Crippen LogP contribution in [0.1, 0.15) is 17.3 Å². The number of piperazine rings is 1. The average molecular weight is 391 g/mol. The van der Waals surface area contributed by atoms with E-state index in [4.69, 9.17) is 16.3 Å². The molecule has 8 nitrogen and oxygen atoms in total. The summed E-state index contributed by atoms with van der Waals surface area (Å²) in [5, 5.41) is 11.6. The first-order valence-corrected chi connectivity index (χ1v) is 8.95. The normalized spacial score (nSPS) is 14.1. The lowest BCUT2D eigenvalue weighted by Crippen LogP contribution is -2.49. The van der Waals surface area contributed by atoms with Gasteiger partial charge in [0.05, 0.1) is 11.5 Å². The van der Waals surface area contributed by atoms with Crippen molar-refractivity contribution in [2.45, 2.75) is 6.92 Å². The summed E-state index contributed by atoms with van der Waals surface area (Å²) in [4.78, 5) is 31.4. The van der Waals surface area contributed by atoms with Gasteiger partial charge in [-0.25, -0.2) is 4.98 Å². The minimum Gasteiger partial charge on any atom is -0.477 e. The zero-order valence-corrected chi connectivity index (χ0v) is 15.6. The number of ether oxygens (including phenoxy) is 1. The van der Waals surface area contributed by atoms with Gasteiger partial charge in [0, 0.05) is 43.5 Å². The highest BCUT2D eigenvalue weighted by Crippen LogP contribution is 2.32. The van der Waals surface area contributed by atoms with Gasteiger partial charge in [0.1, 0.15) is 11.3 Å². The van der Waals surface area contributed by atoms with Crippen LogP contribution in [0.3, 0.4) is 0 Å². The Balaban J connectivity index is 1.73. The highest BCUT2D eigenvalue weighted by atomic mass is 35.5. The van der Waals surface area contributed by atoms with E-state index in [2.05, 4.69) is 4.98 Å². The number of hydrogen-bond acceptors (Lipinski definition) is 6. The fourth-order valence-electron chi connectivity index (χ4n) is 3.04. The van der Waals surface area contributed by atoms with Crippen molar-refractivity contribution in [3.05, 3.63) is 57.2 Å². The van der Waals surface area contributed by atoms with Gasteiger partial charge in [-0.3, -0.25) is 14.9 Å². The van der Waals surface area contributed by atoms with Gasteiger partial charge in [0.25, 0.3) is 11.6 Å². The van der Waals surface area contributed by atoms with Crippen molar-refractivity contribution in [2.24, 2.45) is 0 Å². The molecule has 1 aromatic heterocycles. The Kier molecular flexibility index (Phi) is 5.75. The molecule has 27 heavy (non-hydrogen) atoms.